The molecule has 1 aromatic carbocycles. The van der Waals surface area contributed by atoms with Crippen molar-refractivity contribution in [2.75, 3.05) is 39.1 Å². The van der Waals surface area contributed by atoms with Crippen molar-refractivity contribution in [2.45, 2.75) is 13.0 Å². The zero-order valence-electron chi connectivity index (χ0n) is 10.8. The van der Waals surface area contributed by atoms with Gasteiger partial charge in [0.15, 0.2) is 0 Å². The highest BCUT2D eigenvalue weighted by atomic mass is 15.1. The summed E-state index contributed by atoms with van der Waals surface area (Å²) in [5, 5.41) is 0. The maximum absolute atomic E-state index is 5.56. The first-order valence-electron chi connectivity index (χ1n) is 5.74. The Labute approximate surface area is 98.8 Å². The average molecular weight is 221 g/mol. The van der Waals surface area contributed by atoms with E-state index in [0.717, 1.165) is 6.54 Å². The first-order chi connectivity index (χ1) is 7.56. The normalized spacial score (nSPS) is 12.9. The quantitative estimate of drug-likeness (QED) is 0.821. The molecule has 0 bridgehead atoms. The summed E-state index contributed by atoms with van der Waals surface area (Å²) in [6.07, 6.45) is 0. The number of anilines is 1. The molecule has 90 valence electrons. The Bertz CT molecular complexity index is 305. The van der Waals surface area contributed by atoms with Gasteiger partial charge in [-0.15, -0.1) is 0 Å². The number of hydrogen-bond acceptors (Lipinski definition) is 3. The Morgan fingerprint density at radius 3 is 2.12 bits per heavy atom. The highest BCUT2D eigenvalue weighted by Gasteiger charge is 2.10. The predicted octanol–water partition coefficient (Wildman–Crippen LogP) is 1.70. The molecule has 0 aliphatic heterocycles. The van der Waals surface area contributed by atoms with Crippen molar-refractivity contribution in [1.29, 1.82) is 0 Å². The summed E-state index contributed by atoms with van der Waals surface area (Å²) in [5.41, 5.74) is 8.13. The van der Waals surface area contributed by atoms with Gasteiger partial charge in [-0.25, -0.2) is 0 Å². The van der Waals surface area contributed by atoms with Crippen LogP contribution in [0, 0.1) is 0 Å². The highest BCUT2D eigenvalue weighted by Crippen LogP contribution is 2.21. The molecule has 0 heterocycles. The lowest BCUT2D eigenvalue weighted by Crippen LogP contribution is -2.28. The van der Waals surface area contributed by atoms with E-state index < -0.39 is 0 Å². The van der Waals surface area contributed by atoms with Gasteiger partial charge in [0, 0.05) is 38.9 Å². The van der Waals surface area contributed by atoms with Crippen LogP contribution in [-0.4, -0.2) is 39.1 Å². The molecule has 1 rings (SSSR count). The first kappa shape index (κ1) is 13.0. The second kappa shape index (κ2) is 5.87. The van der Waals surface area contributed by atoms with Crippen molar-refractivity contribution in [3.05, 3.63) is 29.8 Å². The van der Waals surface area contributed by atoms with Gasteiger partial charge in [-0.1, -0.05) is 12.1 Å². The molecule has 16 heavy (non-hydrogen) atoms. The highest BCUT2D eigenvalue weighted by molar-refractivity contribution is 5.46. The summed E-state index contributed by atoms with van der Waals surface area (Å²) in [7, 11) is 6.22. The van der Waals surface area contributed by atoms with Crippen LogP contribution in [0.3, 0.4) is 0 Å². The van der Waals surface area contributed by atoms with E-state index in [1.807, 2.05) is 0 Å². The van der Waals surface area contributed by atoms with Crippen molar-refractivity contribution < 1.29 is 0 Å². The molecule has 1 unspecified atom stereocenters. The average Bonchev–Trinajstić information content (AvgIpc) is 2.28. The Hall–Kier alpha value is -1.06. The Morgan fingerprint density at radius 1 is 1.12 bits per heavy atom. The fourth-order valence-corrected chi connectivity index (χ4v) is 1.70. The van der Waals surface area contributed by atoms with Gasteiger partial charge >= 0.3 is 0 Å². The molecule has 0 spiro atoms. The van der Waals surface area contributed by atoms with Crippen molar-refractivity contribution in [1.82, 2.24) is 4.90 Å². The monoisotopic (exact) mass is 221 g/mol. The number of benzene rings is 1. The lowest BCUT2D eigenvalue weighted by molar-refractivity contribution is 0.269. The molecule has 3 nitrogen and oxygen atoms in total. The summed E-state index contributed by atoms with van der Waals surface area (Å²) in [6.45, 7) is 3.84. The zero-order valence-corrected chi connectivity index (χ0v) is 10.8. The summed E-state index contributed by atoms with van der Waals surface area (Å²) < 4.78 is 0. The molecular formula is C13H23N3. The maximum Gasteiger partial charge on any atom is 0.0361 e. The fourth-order valence-electron chi connectivity index (χ4n) is 1.70. The third kappa shape index (κ3) is 3.22. The van der Waals surface area contributed by atoms with Crippen LogP contribution < -0.4 is 10.6 Å². The lowest BCUT2D eigenvalue weighted by atomic mass is 10.1. The molecule has 0 saturated carbocycles. The smallest absolute Gasteiger partial charge is 0.0361 e. The molecule has 0 aliphatic carbocycles. The van der Waals surface area contributed by atoms with Gasteiger partial charge in [0.2, 0.25) is 0 Å². The molecule has 2 N–H and O–H groups in total. The molecule has 0 aliphatic rings. The Balaban J connectivity index is 2.73. The van der Waals surface area contributed by atoms with Gasteiger partial charge < -0.3 is 10.6 Å². The van der Waals surface area contributed by atoms with E-state index in [1.54, 1.807) is 0 Å². The summed E-state index contributed by atoms with van der Waals surface area (Å²) in [4.78, 5) is 4.38. The number of likely N-dealkylation sites (N-methyl/N-ethyl adjacent to an activating group) is 1. The van der Waals surface area contributed by atoms with Crippen LogP contribution in [0.5, 0.6) is 0 Å². The van der Waals surface area contributed by atoms with Gasteiger partial charge in [0.1, 0.15) is 0 Å². The predicted molar refractivity (Wildman–Crippen MR) is 70.9 cm³/mol. The van der Waals surface area contributed by atoms with Crippen LogP contribution in [0.1, 0.15) is 18.5 Å². The number of rotatable bonds is 5. The van der Waals surface area contributed by atoms with E-state index in [2.05, 4.69) is 62.1 Å². The van der Waals surface area contributed by atoms with E-state index in [9.17, 15) is 0 Å². The number of hydrogen-bond donors (Lipinski definition) is 1. The Morgan fingerprint density at radius 2 is 1.69 bits per heavy atom. The standard InChI is InChI=1S/C13H23N3/c1-11(16(4)10-9-14)12-5-7-13(8-6-12)15(2)3/h5-8,11H,9-10,14H2,1-4H3. The first-order valence-corrected chi connectivity index (χ1v) is 5.74. The van der Waals surface area contributed by atoms with Crippen molar-refractivity contribution in [3.8, 4) is 0 Å². The van der Waals surface area contributed by atoms with E-state index in [-0.39, 0.29) is 0 Å². The van der Waals surface area contributed by atoms with Gasteiger partial charge in [-0.05, 0) is 31.7 Å². The molecule has 3 heteroatoms. The van der Waals surface area contributed by atoms with Gasteiger partial charge in [0.25, 0.3) is 0 Å². The zero-order chi connectivity index (χ0) is 12.1. The fraction of sp³-hybridized carbons (Fsp3) is 0.538. The second-order valence-electron chi connectivity index (χ2n) is 4.43. The molecule has 0 fully saturated rings. The molecule has 0 aromatic heterocycles. The molecule has 0 saturated heterocycles. The van der Waals surface area contributed by atoms with Crippen molar-refractivity contribution >= 4 is 5.69 Å². The van der Waals surface area contributed by atoms with E-state index in [4.69, 9.17) is 5.73 Å². The van der Waals surface area contributed by atoms with E-state index in [1.165, 1.54) is 11.3 Å². The lowest BCUT2D eigenvalue weighted by Gasteiger charge is -2.25. The molecule has 0 amide bonds. The van der Waals surface area contributed by atoms with Crippen LogP contribution in [0.4, 0.5) is 5.69 Å². The van der Waals surface area contributed by atoms with Gasteiger partial charge in [-0.3, -0.25) is 4.90 Å². The third-order valence-corrected chi connectivity index (χ3v) is 3.03. The van der Waals surface area contributed by atoms with Crippen LogP contribution in [0.15, 0.2) is 24.3 Å². The SMILES string of the molecule is CC(c1ccc(N(C)C)cc1)N(C)CCN. The minimum Gasteiger partial charge on any atom is -0.378 e. The van der Waals surface area contributed by atoms with Crippen LogP contribution in [-0.2, 0) is 0 Å². The van der Waals surface area contributed by atoms with Gasteiger partial charge in [0.05, 0.1) is 0 Å². The minimum atomic E-state index is 0.416. The van der Waals surface area contributed by atoms with E-state index >= 15 is 0 Å². The van der Waals surface area contributed by atoms with Crippen molar-refractivity contribution in [2.24, 2.45) is 5.73 Å². The van der Waals surface area contributed by atoms with Crippen LogP contribution in [0.2, 0.25) is 0 Å². The summed E-state index contributed by atoms with van der Waals surface area (Å²) in [5.74, 6) is 0. The molecule has 1 aromatic rings. The topological polar surface area (TPSA) is 32.5 Å². The Kier molecular flexibility index (Phi) is 4.77. The number of nitrogens with two attached hydrogens (primary N) is 1. The largest absolute Gasteiger partial charge is 0.378 e. The molecule has 0 radical (unpaired) electrons. The molecule has 1 atom stereocenters. The third-order valence-electron chi connectivity index (χ3n) is 3.03. The second-order valence-corrected chi connectivity index (χ2v) is 4.43. The van der Waals surface area contributed by atoms with Crippen LogP contribution in [0.25, 0.3) is 0 Å². The van der Waals surface area contributed by atoms with Crippen molar-refractivity contribution in [3.63, 3.8) is 0 Å². The van der Waals surface area contributed by atoms with Crippen LogP contribution >= 0.6 is 0 Å². The summed E-state index contributed by atoms with van der Waals surface area (Å²) >= 11 is 0. The molecular weight excluding hydrogens is 198 g/mol. The van der Waals surface area contributed by atoms with E-state index in [0.29, 0.717) is 12.6 Å². The minimum absolute atomic E-state index is 0.416. The maximum atomic E-state index is 5.56. The van der Waals surface area contributed by atoms with Gasteiger partial charge in [-0.2, -0.15) is 0 Å². The number of nitrogens with zero attached hydrogens (tertiary/aromatic N) is 2. The summed E-state index contributed by atoms with van der Waals surface area (Å²) in [6, 6.07) is 9.10.